The quantitative estimate of drug-likeness (QED) is 0.194. The van der Waals surface area contributed by atoms with E-state index in [1.54, 1.807) is 4.57 Å². The van der Waals surface area contributed by atoms with Crippen molar-refractivity contribution in [3.8, 4) is 56.3 Å². The van der Waals surface area contributed by atoms with Crippen molar-refractivity contribution in [3.63, 3.8) is 0 Å². The number of benzene rings is 5. The molecule has 0 atom stereocenters. The molecule has 0 unspecified atom stereocenters. The highest BCUT2D eigenvalue weighted by molar-refractivity contribution is 5.97. The van der Waals surface area contributed by atoms with Crippen LogP contribution in [0.1, 0.15) is 91.4 Å². The fourth-order valence-electron chi connectivity index (χ4n) is 6.78. The lowest BCUT2D eigenvalue weighted by molar-refractivity contribution is 0.446. The predicted molar refractivity (Wildman–Crippen MR) is 223 cm³/mol. The van der Waals surface area contributed by atoms with Gasteiger partial charge in [-0.15, -0.1) is 0 Å². The van der Waals surface area contributed by atoms with E-state index in [1.165, 1.54) is 5.56 Å². The molecular weight excluding hydrogens is 647 g/mol. The number of aromatic hydroxyl groups is 1. The van der Waals surface area contributed by atoms with Gasteiger partial charge in [0.05, 0.1) is 29.1 Å². The van der Waals surface area contributed by atoms with Crippen molar-refractivity contribution in [2.75, 3.05) is 0 Å². The molecule has 5 aromatic carbocycles. The van der Waals surface area contributed by atoms with Crippen LogP contribution in [0.15, 0.2) is 121 Å². The Morgan fingerprint density at radius 1 is 0.623 bits per heavy atom. The van der Waals surface area contributed by atoms with Crippen molar-refractivity contribution in [1.82, 2.24) is 14.5 Å². The van der Waals surface area contributed by atoms with Gasteiger partial charge in [0.2, 0.25) is 0 Å². The minimum Gasteiger partial charge on any atom is -0.507 e. The van der Waals surface area contributed by atoms with Crippen molar-refractivity contribution in [2.45, 2.75) is 85.5 Å². The molecule has 53 heavy (non-hydrogen) atoms. The Kier molecular flexibility index (Phi) is 7.47. The number of aromatic nitrogens is 3. The van der Waals surface area contributed by atoms with Gasteiger partial charge in [0, 0.05) is 28.6 Å². The third kappa shape index (κ3) is 7.03. The summed E-state index contributed by atoms with van der Waals surface area (Å²) in [5.41, 5.74) is 10.0. The Balaban J connectivity index is 1.57. The van der Waals surface area contributed by atoms with E-state index in [0.717, 1.165) is 50.2 Å². The molecule has 0 spiro atoms. The van der Waals surface area contributed by atoms with E-state index >= 15 is 0 Å². The highest BCUT2D eigenvalue weighted by atomic mass is 16.3. The summed E-state index contributed by atoms with van der Waals surface area (Å²) in [6, 6.07) is 26.6. The normalized spacial score (nSPS) is 13.7. The Morgan fingerprint density at radius 3 is 1.94 bits per heavy atom. The molecule has 0 saturated carbocycles. The highest BCUT2D eigenvalue weighted by Crippen LogP contribution is 2.45. The first-order chi connectivity index (χ1) is 27.1. The minimum absolute atomic E-state index is 0.0301. The van der Waals surface area contributed by atoms with Gasteiger partial charge < -0.3 is 5.11 Å². The molecule has 4 heteroatoms. The average molecular weight is 703 g/mol. The molecule has 268 valence electrons. The van der Waals surface area contributed by atoms with Crippen molar-refractivity contribution in [3.05, 3.63) is 144 Å². The predicted octanol–water partition coefficient (Wildman–Crippen LogP) is 13.0. The van der Waals surface area contributed by atoms with E-state index in [0.29, 0.717) is 16.6 Å². The van der Waals surface area contributed by atoms with Crippen LogP contribution in [0, 0.1) is 6.92 Å². The van der Waals surface area contributed by atoms with Gasteiger partial charge in [0.15, 0.2) is 0 Å². The molecule has 0 fully saturated rings. The van der Waals surface area contributed by atoms with Crippen LogP contribution in [0.3, 0.4) is 0 Å². The second-order valence-electron chi connectivity index (χ2n) is 17.2. The zero-order valence-electron chi connectivity index (χ0n) is 37.4. The topological polar surface area (TPSA) is 50.9 Å². The lowest BCUT2D eigenvalue weighted by Crippen LogP contribution is -2.17. The number of nitrogens with zero attached hydrogens (tertiary/aromatic N) is 3. The third-order valence-corrected chi connectivity index (χ3v) is 9.97. The fourth-order valence-corrected chi connectivity index (χ4v) is 6.78. The summed E-state index contributed by atoms with van der Waals surface area (Å²) in [5, 5.41) is 12.2. The molecule has 2 heterocycles. The summed E-state index contributed by atoms with van der Waals surface area (Å²) in [4.78, 5) is 10.2. The number of hydrogen-bond acceptors (Lipinski definition) is 3. The van der Waals surface area contributed by atoms with Crippen molar-refractivity contribution < 1.29 is 12.0 Å². The molecule has 2 aromatic heterocycles. The Labute approximate surface area is 322 Å². The number of phenolic OH excluding ortho intramolecular Hbond substituents is 1. The van der Waals surface area contributed by atoms with Crippen LogP contribution in [0.2, 0.25) is 0 Å². The maximum absolute atomic E-state index is 12.2. The molecule has 0 aliphatic carbocycles. The van der Waals surface area contributed by atoms with E-state index < -0.39 is 23.5 Å². The van der Waals surface area contributed by atoms with Crippen LogP contribution in [0.5, 0.6) is 5.75 Å². The smallest absolute Gasteiger partial charge is 0.149 e. The SMILES string of the molecule is [2H]c1c([2H])c([2H])c(-n2c(-c3cc(C(C)(C)C)cc(C(C)(C)C)c3O)nc3c(-c4cc(-c5cc(-c6ccc(C)cc6)ccn5)cc(C(C)(C)C)c4)cccc32)c([2H])c1[2H]. The Bertz CT molecular complexity index is 2720. The number of pyridine rings is 1. The number of aryl methyl sites for hydroxylation is 1. The summed E-state index contributed by atoms with van der Waals surface area (Å²) in [6.45, 7) is 21.1. The minimum atomic E-state index is -0.482. The van der Waals surface area contributed by atoms with Crippen LogP contribution in [-0.4, -0.2) is 19.6 Å². The van der Waals surface area contributed by atoms with Gasteiger partial charge in [-0.05, 0) is 99.5 Å². The lowest BCUT2D eigenvalue weighted by Gasteiger charge is -2.27. The lowest BCUT2D eigenvalue weighted by atomic mass is 9.79. The molecule has 0 aliphatic heterocycles. The summed E-state index contributed by atoms with van der Waals surface area (Å²) < 4.78 is 45.5. The summed E-state index contributed by atoms with van der Waals surface area (Å²) in [5.74, 6) is 0.303. The number of phenols is 1. The van der Waals surface area contributed by atoms with Gasteiger partial charge >= 0.3 is 0 Å². The maximum atomic E-state index is 12.2. The number of hydrogen-bond donors (Lipinski definition) is 1. The van der Waals surface area contributed by atoms with Gasteiger partial charge in [0.25, 0.3) is 0 Å². The van der Waals surface area contributed by atoms with E-state index in [-0.39, 0.29) is 40.2 Å². The van der Waals surface area contributed by atoms with Gasteiger partial charge in [-0.25, -0.2) is 4.98 Å². The number of imidazole rings is 1. The van der Waals surface area contributed by atoms with Gasteiger partial charge in [0.1, 0.15) is 11.6 Å². The first-order valence-electron chi connectivity index (χ1n) is 20.7. The molecule has 7 rings (SSSR count). The van der Waals surface area contributed by atoms with Crippen molar-refractivity contribution >= 4 is 11.0 Å². The van der Waals surface area contributed by atoms with Crippen molar-refractivity contribution in [2.24, 2.45) is 0 Å². The molecule has 7 aromatic rings. The van der Waals surface area contributed by atoms with Gasteiger partial charge in [-0.1, -0.05) is 135 Å². The summed E-state index contributed by atoms with van der Waals surface area (Å²) in [7, 11) is 0. The number of para-hydroxylation sites is 2. The zero-order valence-corrected chi connectivity index (χ0v) is 32.4. The molecule has 0 aliphatic rings. The average Bonchev–Trinajstić information content (AvgIpc) is 3.54. The molecule has 4 nitrogen and oxygen atoms in total. The molecule has 0 radical (unpaired) electrons. The molecular formula is C49H51N3O. The van der Waals surface area contributed by atoms with Crippen molar-refractivity contribution in [1.29, 1.82) is 0 Å². The summed E-state index contributed by atoms with van der Waals surface area (Å²) in [6.07, 6.45) is 1.84. The summed E-state index contributed by atoms with van der Waals surface area (Å²) >= 11 is 0. The first kappa shape index (κ1) is 30.0. The zero-order chi connectivity index (χ0) is 42.2. The van der Waals surface area contributed by atoms with E-state index in [2.05, 4.69) is 97.0 Å². The van der Waals surface area contributed by atoms with Crippen LogP contribution in [0.4, 0.5) is 0 Å². The standard InChI is InChI=1S/C49H51N3O/c1-31-19-21-32(22-20-31)33-23-24-50-42(28-33)35-25-34(26-36(27-35)47(2,3)4)39-17-14-18-43-44(39)51-46(52(43)38-15-12-11-13-16-38)40-29-37(48(5,6)7)30-41(45(40)53)49(8,9)10/h11-30,53H,1-10H3/i11D,12D,13D,15D,16D. The highest BCUT2D eigenvalue weighted by Gasteiger charge is 2.29. The number of fused-ring (bicyclic) bond motifs is 1. The van der Waals surface area contributed by atoms with E-state index in [1.807, 2.05) is 63.4 Å². The molecule has 0 bridgehead atoms. The van der Waals surface area contributed by atoms with Gasteiger partial charge in [-0.2, -0.15) is 0 Å². The van der Waals surface area contributed by atoms with Crippen LogP contribution >= 0.6 is 0 Å². The molecule has 0 amide bonds. The maximum Gasteiger partial charge on any atom is 0.149 e. The van der Waals surface area contributed by atoms with Crippen LogP contribution in [-0.2, 0) is 16.2 Å². The fraction of sp³-hybridized carbons (Fsp3) is 0.265. The Morgan fingerprint density at radius 2 is 1.28 bits per heavy atom. The second kappa shape index (κ2) is 13.2. The molecule has 0 saturated heterocycles. The van der Waals surface area contributed by atoms with Gasteiger partial charge in [-0.3, -0.25) is 9.55 Å². The Hall–Kier alpha value is -5.48. The van der Waals surface area contributed by atoms with Crippen LogP contribution < -0.4 is 0 Å². The number of rotatable bonds is 5. The van der Waals surface area contributed by atoms with E-state index in [9.17, 15) is 5.11 Å². The third-order valence-electron chi connectivity index (χ3n) is 9.97. The second-order valence-corrected chi connectivity index (χ2v) is 17.2. The van der Waals surface area contributed by atoms with E-state index in [4.69, 9.17) is 16.8 Å². The largest absolute Gasteiger partial charge is 0.507 e. The monoisotopic (exact) mass is 702 g/mol. The first-order valence-corrected chi connectivity index (χ1v) is 18.2. The van der Waals surface area contributed by atoms with Crippen LogP contribution in [0.25, 0.3) is 61.6 Å². The molecule has 1 N–H and O–H groups in total.